The summed E-state index contributed by atoms with van der Waals surface area (Å²) in [5.74, 6) is 0. The highest BCUT2D eigenvalue weighted by Crippen LogP contribution is 2.32. The fraction of sp³-hybridized carbons (Fsp3) is 0.158. The van der Waals surface area contributed by atoms with Gasteiger partial charge in [-0.3, -0.25) is 4.90 Å². The summed E-state index contributed by atoms with van der Waals surface area (Å²) in [5, 5.41) is 0.971. The van der Waals surface area contributed by atoms with Gasteiger partial charge in [-0.05, 0) is 30.8 Å². The molecule has 0 aliphatic carbocycles. The summed E-state index contributed by atoms with van der Waals surface area (Å²) >= 11 is 0. The molecule has 2 heterocycles. The van der Waals surface area contributed by atoms with Gasteiger partial charge in [0.05, 0.1) is 10.4 Å². The molecule has 0 unspecified atom stereocenters. The van der Waals surface area contributed by atoms with Crippen molar-refractivity contribution in [3.8, 4) is 0 Å². The van der Waals surface area contributed by atoms with Crippen molar-refractivity contribution < 1.29 is 8.42 Å². The van der Waals surface area contributed by atoms with Gasteiger partial charge in [0, 0.05) is 30.2 Å². The van der Waals surface area contributed by atoms with Gasteiger partial charge in [0.25, 0.3) is 10.0 Å². The molecule has 3 aromatic rings. The lowest BCUT2D eigenvalue weighted by Gasteiger charge is -2.07. The van der Waals surface area contributed by atoms with Gasteiger partial charge in [-0.2, -0.15) is 0 Å². The molecule has 0 spiro atoms. The standard InChI is InChI=1S/C19H18N2O2S/c1-20-12-11-15(13-20)18-14-21(19-10-6-5-9-17(18)19)24(22,23)16-7-3-2-4-8-16/h2-11,14H,12-13H2,1H3. The molecule has 122 valence electrons. The first kappa shape index (κ1) is 15.2. The Morgan fingerprint density at radius 2 is 1.67 bits per heavy atom. The van der Waals surface area contributed by atoms with Crippen LogP contribution < -0.4 is 0 Å². The van der Waals surface area contributed by atoms with Crippen molar-refractivity contribution in [1.29, 1.82) is 0 Å². The lowest BCUT2D eigenvalue weighted by molar-refractivity contribution is 0.439. The molecule has 5 heteroatoms. The van der Waals surface area contributed by atoms with E-state index in [0.717, 1.165) is 24.0 Å². The van der Waals surface area contributed by atoms with Crippen LogP contribution in [0.4, 0.5) is 0 Å². The van der Waals surface area contributed by atoms with Crippen LogP contribution in [0.1, 0.15) is 5.56 Å². The summed E-state index contributed by atoms with van der Waals surface area (Å²) in [6.07, 6.45) is 3.93. The number of rotatable bonds is 3. The normalized spacial score (nSPS) is 15.8. The fourth-order valence-electron chi connectivity index (χ4n) is 3.19. The van der Waals surface area contributed by atoms with E-state index in [-0.39, 0.29) is 0 Å². The highest BCUT2D eigenvalue weighted by Gasteiger charge is 2.23. The van der Waals surface area contributed by atoms with Crippen molar-refractivity contribution >= 4 is 26.5 Å². The van der Waals surface area contributed by atoms with Crippen LogP contribution in [0.25, 0.3) is 16.5 Å². The molecule has 0 amide bonds. The first-order valence-corrected chi connectivity index (χ1v) is 9.30. The summed E-state index contributed by atoms with van der Waals surface area (Å²) < 4.78 is 27.6. The molecule has 0 saturated heterocycles. The van der Waals surface area contributed by atoms with Crippen molar-refractivity contribution in [1.82, 2.24) is 8.87 Å². The molecular formula is C19H18N2O2S. The van der Waals surface area contributed by atoms with Crippen molar-refractivity contribution in [2.45, 2.75) is 4.90 Å². The highest BCUT2D eigenvalue weighted by atomic mass is 32.2. The number of likely N-dealkylation sites (N-methyl/N-ethyl adjacent to an activating group) is 1. The number of para-hydroxylation sites is 1. The molecule has 4 nitrogen and oxygen atoms in total. The lowest BCUT2D eigenvalue weighted by Crippen LogP contribution is -2.13. The van der Waals surface area contributed by atoms with Gasteiger partial charge in [0.15, 0.2) is 0 Å². The van der Waals surface area contributed by atoms with Crippen LogP contribution in [0.2, 0.25) is 0 Å². The second-order valence-corrected chi connectivity index (χ2v) is 7.91. The van der Waals surface area contributed by atoms with Crippen molar-refractivity contribution in [3.05, 3.63) is 72.4 Å². The minimum absolute atomic E-state index is 0.301. The van der Waals surface area contributed by atoms with Crippen molar-refractivity contribution in [2.75, 3.05) is 20.1 Å². The molecule has 4 rings (SSSR count). The van der Waals surface area contributed by atoms with Gasteiger partial charge < -0.3 is 0 Å². The van der Waals surface area contributed by atoms with Crippen LogP contribution in [0.5, 0.6) is 0 Å². The number of fused-ring (bicyclic) bond motifs is 1. The predicted molar refractivity (Wildman–Crippen MR) is 96.4 cm³/mol. The van der Waals surface area contributed by atoms with Crippen molar-refractivity contribution in [3.63, 3.8) is 0 Å². The molecule has 1 aliphatic heterocycles. The van der Waals surface area contributed by atoms with Gasteiger partial charge in [0.1, 0.15) is 0 Å². The van der Waals surface area contributed by atoms with E-state index in [4.69, 9.17) is 0 Å². The Morgan fingerprint density at radius 3 is 2.38 bits per heavy atom. The van der Waals surface area contributed by atoms with Gasteiger partial charge in [-0.1, -0.05) is 42.5 Å². The summed E-state index contributed by atoms with van der Waals surface area (Å²) in [6.45, 7) is 1.72. The number of hydrogen-bond acceptors (Lipinski definition) is 3. The maximum atomic E-state index is 13.1. The van der Waals surface area contributed by atoms with Gasteiger partial charge in [0.2, 0.25) is 0 Å². The van der Waals surface area contributed by atoms with E-state index >= 15 is 0 Å². The van der Waals surface area contributed by atoms with Crippen LogP contribution in [0.3, 0.4) is 0 Å². The van der Waals surface area contributed by atoms with Crippen LogP contribution in [-0.4, -0.2) is 37.4 Å². The zero-order valence-corrected chi connectivity index (χ0v) is 14.2. The number of aromatic nitrogens is 1. The van der Waals surface area contributed by atoms with Gasteiger partial charge in [-0.15, -0.1) is 0 Å². The second kappa shape index (κ2) is 5.61. The van der Waals surface area contributed by atoms with E-state index in [1.165, 1.54) is 9.55 Å². The Morgan fingerprint density at radius 1 is 0.958 bits per heavy atom. The third kappa shape index (κ3) is 2.37. The van der Waals surface area contributed by atoms with E-state index in [1.807, 2.05) is 30.3 Å². The molecular weight excluding hydrogens is 320 g/mol. The first-order valence-electron chi connectivity index (χ1n) is 7.86. The lowest BCUT2D eigenvalue weighted by atomic mass is 10.1. The van der Waals surface area contributed by atoms with E-state index in [2.05, 4.69) is 18.0 Å². The maximum absolute atomic E-state index is 13.1. The van der Waals surface area contributed by atoms with E-state index in [1.54, 1.807) is 30.5 Å². The number of hydrogen-bond donors (Lipinski definition) is 0. The molecule has 0 fully saturated rings. The molecule has 0 radical (unpaired) electrons. The molecule has 0 atom stereocenters. The Kier molecular flexibility index (Phi) is 3.55. The molecule has 2 aromatic carbocycles. The van der Waals surface area contributed by atoms with E-state index in [0.29, 0.717) is 10.4 Å². The molecule has 0 N–H and O–H groups in total. The van der Waals surface area contributed by atoms with Gasteiger partial charge >= 0.3 is 0 Å². The van der Waals surface area contributed by atoms with Gasteiger partial charge in [-0.25, -0.2) is 12.4 Å². The van der Waals surface area contributed by atoms with Crippen LogP contribution >= 0.6 is 0 Å². The minimum Gasteiger partial charge on any atom is -0.298 e. The quantitative estimate of drug-likeness (QED) is 0.736. The Bertz CT molecular complexity index is 1030. The minimum atomic E-state index is -3.61. The molecule has 24 heavy (non-hydrogen) atoms. The summed E-state index contributed by atoms with van der Waals surface area (Å²) in [7, 11) is -1.55. The monoisotopic (exact) mass is 338 g/mol. The number of benzene rings is 2. The third-order valence-corrected chi connectivity index (χ3v) is 6.10. The predicted octanol–water partition coefficient (Wildman–Crippen LogP) is 3.21. The summed E-state index contributed by atoms with van der Waals surface area (Å²) in [5.41, 5.74) is 2.89. The molecule has 1 aliphatic rings. The Labute approximate surface area is 141 Å². The fourth-order valence-corrected chi connectivity index (χ4v) is 4.58. The zero-order chi connectivity index (χ0) is 16.7. The van der Waals surface area contributed by atoms with Crippen LogP contribution in [0.15, 0.2) is 71.8 Å². The van der Waals surface area contributed by atoms with E-state index < -0.39 is 10.0 Å². The molecule has 0 saturated carbocycles. The highest BCUT2D eigenvalue weighted by molar-refractivity contribution is 7.90. The Hall–Kier alpha value is -2.37. The van der Waals surface area contributed by atoms with Crippen LogP contribution in [-0.2, 0) is 10.0 Å². The first-order chi connectivity index (χ1) is 11.6. The Balaban J connectivity index is 1.95. The van der Waals surface area contributed by atoms with E-state index in [9.17, 15) is 8.42 Å². The van der Waals surface area contributed by atoms with Crippen molar-refractivity contribution in [2.24, 2.45) is 0 Å². The molecule has 0 bridgehead atoms. The SMILES string of the molecule is CN1CC=C(c2cn(S(=O)(=O)c3ccccc3)c3ccccc23)C1. The zero-order valence-electron chi connectivity index (χ0n) is 13.4. The topological polar surface area (TPSA) is 42.3 Å². The maximum Gasteiger partial charge on any atom is 0.268 e. The number of nitrogens with zero attached hydrogens (tertiary/aromatic N) is 2. The summed E-state index contributed by atoms with van der Waals surface area (Å²) in [4.78, 5) is 2.50. The molecule has 1 aromatic heterocycles. The third-order valence-electron chi connectivity index (χ3n) is 4.41. The second-order valence-electron chi connectivity index (χ2n) is 6.10. The summed E-state index contributed by atoms with van der Waals surface area (Å²) in [6, 6.07) is 16.2. The van der Waals surface area contributed by atoms with Crippen LogP contribution in [0, 0.1) is 0 Å². The average molecular weight is 338 g/mol. The largest absolute Gasteiger partial charge is 0.298 e. The average Bonchev–Trinajstić information content (AvgIpc) is 3.19. The smallest absolute Gasteiger partial charge is 0.268 e.